The number of aromatic nitrogens is 3. The van der Waals surface area contributed by atoms with Crippen molar-refractivity contribution < 1.29 is 8.42 Å². The molecule has 30 heavy (non-hydrogen) atoms. The molecule has 2 heterocycles. The highest BCUT2D eigenvalue weighted by Crippen LogP contribution is 2.31. The third-order valence-electron chi connectivity index (χ3n) is 4.96. The maximum absolute atomic E-state index is 13.0. The molecule has 2 aromatic carbocycles. The van der Waals surface area contributed by atoms with Crippen molar-refractivity contribution >= 4 is 38.0 Å². The van der Waals surface area contributed by atoms with Gasteiger partial charge in [-0.1, -0.05) is 43.2 Å². The summed E-state index contributed by atoms with van der Waals surface area (Å²) in [6.07, 6.45) is 1.72. The van der Waals surface area contributed by atoms with Crippen molar-refractivity contribution in [3.05, 3.63) is 59.7 Å². The molecule has 0 saturated heterocycles. The van der Waals surface area contributed by atoms with E-state index >= 15 is 0 Å². The number of fused-ring (bicyclic) bond motifs is 2. The molecule has 1 N–H and O–H groups in total. The number of anilines is 1. The number of nitriles is 1. The van der Waals surface area contributed by atoms with Gasteiger partial charge in [0.25, 0.3) is 10.0 Å². The summed E-state index contributed by atoms with van der Waals surface area (Å²) in [5.74, 6) is 0.205. The maximum Gasteiger partial charge on any atom is 0.263 e. The van der Waals surface area contributed by atoms with E-state index in [9.17, 15) is 13.7 Å². The van der Waals surface area contributed by atoms with E-state index < -0.39 is 10.0 Å². The van der Waals surface area contributed by atoms with Gasteiger partial charge in [0.05, 0.1) is 15.9 Å². The summed E-state index contributed by atoms with van der Waals surface area (Å²) in [6.45, 7) is 4.46. The van der Waals surface area contributed by atoms with Crippen molar-refractivity contribution in [1.29, 1.82) is 5.26 Å². The van der Waals surface area contributed by atoms with E-state index in [1.165, 1.54) is 0 Å². The van der Waals surface area contributed by atoms with Crippen molar-refractivity contribution in [2.45, 2.75) is 38.1 Å². The SMILES string of the molecule is CCCCn1c(NS(=O)(=O)c2ccc(C)cc2)c(C#N)c2nc3ccccc3nc21. The van der Waals surface area contributed by atoms with Crippen molar-refractivity contribution in [3.63, 3.8) is 0 Å². The van der Waals surface area contributed by atoms with Crippen LogP contribution in [0.1, 0.15) is 30.9 Å². The molecule has 2 aromatic heterocycles. The largest absolute Gasteiger partial charge is 0.309 e. The molecule has 4 aromatic rings. The highest BCUT2D eigenvalue weighted by atomic mass is 32.2. The normalized spacial score (nSPS) is 11.6. The van der Waals surface area contributed by atoms with Gasteiger partial charge in [-0.25, -0.2) is 18.4 Å². The number of sulfonamides is 1. The van der Waals surface area contributed by atoms with Crippen LogP contribution < -0.4 is 4.72 Å². The van der Waals surface area contributed by atoms with Gasteiger partial charge in [0.2, 0.25) is 0 Å². The molecule has 0 amide bonds. The number of hydrogen-bond acceptors (Lipinski definition) is 5. The number of rotatable bonds is 6. The van der Waals surface area contributed by atoms with Crippen LogP contribution in [0.5, 0.6) is 0 Å². The quantitative estimate of drug-likeness (QED) is 0.500. The minimum absolute atomic E-state index is 0.135. The molecule has 4 rings (SSSR count). The fourth-order valence-corrected chi connectivity index (χ4v) is 4.43. The van der Waals surface area contributed by atoms with Crippen LogP contribution in [0, 0.1) is 18.3 Å². The molecule has 0 saturated carbocycles. The minimum atomic E-state index is -3.88. The summed E-state index contributed by atoms with van der Waals surface area (Å²) in [6, 6.07) is 16.1. The Kier molecular flexibility index (Phi) is 5.14. The summed E-state index contributed by atoms with van der Waals surface area (Å²) < 4.78 is 30.5. The summed E-state index contributed by atoms with van der Waals surface area (Å²) in [5, 5.41) is 9.87. The Bertz CT molecular complexity index is 1380. The molecule has 0 aliphatic rings. The average Bonchev–Trinajstić information content (AvgIpc) is 3.01. The Hall–Kier alpha value is -3.44. The standard InChI is InChI=1S/C22H21N5O2S/c1-3-4-13-27-21(26-30(28,29)16-11-9-15(2)10-12-16)17(14-23)20-22(27)25-19-8-6-5-7-18(19)24-20/h5-12,26H,3-4,13H2,1-2H3. The van der Waals surface area contributed by atoms with Gasteiger partial charge in [0, 0.05) is 6.54 Å². The molecular weight excluding hydrogens is 398 g/mol. The first-order valence-electron chi connectivity index (χ1n) is 9.73. The van der Waals surface area contributed by atoms with Crippen molar-refractivity contribution in [2.24, 2.45) is 0 Å². The van der Waals surface area contributed by atoms with Gasteiger partial charge in [-0.3, -0.25) is 4.72 Å². The zero-order chi connectivity index (χ0) is 21.3. The molecule has 0 unspecified atom stereocenters. The molecule has 0 fully saturated rings. The first kappa shape index (κ1) is 19.9. The van der Waals surface area contributed by atoms with Crippen molar-refractivity contribution in [2.75, 3.05) is 4.72 Å². The number of nitrogens with one attached hydrogen (secondary N) is 1. The summed E-state index contributed by atoms with van der Waals surface area (Å²) in [7, 11) is -3.88. The third kappa shape index (κ3) is 3.48. The van der Waals surface area contributed by atoms with Crippen LogP contribution >= 0.6 is 0 Å². The van der Waals surface area contributed by atoms with Crippen LogP contribution in [-0.2, 0) is 16.6 Å². The van der Waals surface area contributed by atoms with Gasteiger partial charge >= 0.3 is 0 Å². The Morgan fingerprint density at radius 3 is 2.37 bits per heavy atom. The molecule has 0 atom stereocenters. The molecule has 0 radical (unpaired) electrons. The fraction of sp³-hybridized carbons (Fsp3) is 0.227. The number of nitrogens with zero attached hydrogens (tertiary/aromatic N) is 4. The van der Waals surface area contributed by atoms with Gasteiger partial charge in [0.15, 0.2) is 5.65 Å². The van der Waals surface area contributed by atoms with E-state index in [2.05, 4.69) is 20.8 Å². The number of hydrogen-bond donors (Lipinski definition) is 1. The molecule has 7 nitrogen and oxygen atoms in total. The van der Waals surface area contributed by atoms with Crippen LogP contribution in [0.25, 0.3) is 22.2 Å². The second-order valence-electron chi connectivity index (χ2n) is 7.14. The number of para-hydroxylation sites is 2. The highest BCUT2D eigenvalue weighted by molar-refractivity contribution is 7.92. The predicted octanol–water partition coefficient (Wildman–Crippen LogP) is 4.37. The van der Waals surface area contributed by atoms with Crippen LogP contribution in [0.15, 0.2) is 53.4 Å². The molecular formula is C22H21N5O2S. The van der Waals surface area contributed by atoms with Crippen LogP contribution in [0.3, 0.4) is 0 Å². The topological polar surface area (TPSA) is 101 Å². The number of benzene rings is 2. The Morgan fingerprint density at radius 2 is 1.73 bits per heavy atom. The molecule has 0 bridgehead atoms. The van der Waals surface area contributed by atoms with E-state index in [-0.39, 0.29) is 16.3 Å². The lowest BCUT2D eigenvalue weighted by atomic mass is 10.2. The monoisotopic (exact) mass is 419 g/mol. The lowest BCUT2D eigenvalue weighted by Crippen LogP contribution is -2.17. The fourth-order valence-electron chi connectivity index (χ4n) is 3.35. The van der Waals surface area contributed by atoms with Gasteiger partial charge in [0.1, 0.15) is 23.0 Å². The molecule has 8 heteroatoms. The van der Waals surface area contributed by atoms with Crippen molar-refractivity contribution in [1.82, 2.24) is 14.5 Å². The molecule has 0 aliphatic carbocycles. The van der Waals surface area contributed by atoms with E-state index in [0.29, 0.717) is 28.7 Å². The first-order valence-corrected chi connectivity index (χ1v) is 11.2. The van der Waals surface area contributed by atoms with Gasteiger partial charge in [-0.05, 0) is 37.6 Å². The second kappa shape index (κ2) is 7.76. The summed E-state index contributed by atoms with van der Waals surface area (Å²) in [5.41, 5.74) is 3.38. The Balaban J connectivity index is 1.94. The lowest BCUT2D eigenvalue weighted by molar-refractivity contribution is 0.599. The zero-order valence-electron chi connectivity index (χ0n) is 16.8. The summed E-state index contributed by atoms with van der Waals surface area (Å²) in [4.78, 5) is 9.43. The zero-order valence-corrected chi connectivity index (χ0v) is 17.6. The van der Waals surface area contributed by atoms with E-state index in [4.69, 9.17) is 0 Å². The van der Waals surface area contributed by atoms with Crippen LogP contribution in [-0.4, -0.2) is 23.0 Å². The van der Waals surface area contributed by atoms with Gasteiger partial charge in [-0.15, -0.1) is 0 Å². The second-order valence-corrected chi connectivity index (χ2v) is 8.83. The van der Waals surface area contributed by atoms with E-state index in [1.54, 1.807) is 28.8 Å². The number of aryl methyl sites for hydroxylation is 2. The smallest absolute Gasteiger partial charge is 0.263 e. The van der Waals surface area contributed by atoms with E-state index in [0.717, 1.165) is 18.4 Å². The van der Waals surface area contributed by atoms with E-state index in [1.807, 2.05) is 38.1 Å². The first-order chi connectivity index (χ1) is 14.4. The highest BCUT2D eigenvalue weighted by Gasteiger charge is 2.25. The Morgan fingerprint density at radius 1 is 1.07 bits per heavy atom. The minimum Gasteiger partial charge on any atom is -0.309 e. The van der Waals surface area contributed by atoms with Crippen LogP contribution in [0.2, 0.25) is 0 Å². The van der Waals surface area contributed by atoms with Crippen LogP contribution in [0.4, 0.5) is 5.82 Å². The summed E-state index contributed by atoms with van der Waals surface area (Å²) >= 11 is 0. The molecule has 152 valence electrons. The van der Waals surface area contributed by atoms with Gasteiger partial charge < -0.3 is 4.57 Å². The van der Waals surface area contributed by atoms with Gasteiger partial charge in [-0.2, -0.15) is 5.26 Å². The molecule has 0 aliphatic heterocycles. The Labute approximate surface area is 175 Å². The maximum atomic E-state index is 13.0. The lowest BCUT2D eigenvalue weighted by Gasteiger charge is -2.13. The average molecular weight is 420 g/mol. The van der Waals surface area contributed by atoms with Crippen molar-refractivity contribution in [3.8, 4) is 6.07 Å². The molecule has 0 spiro atoms. The number of unbranched alkanes of at least 4 members (excludes halogenated alkanes) is 1. The third-order valence-corrected chi connectivity index (χ3v) is 6.32. The predicted molar refractivity (Wildman–Crippen MR) is 117 cm³/mol.